The number of nitrogens with zero attached hydrogens (tertiary/aromatic N) is 1. The zero-order chi connectivity index (χ0) is 16.1. The van der Waals surface area contributed by atoms with E-state index in [1.54, 1.807) is 0 Å². The molecule has 1 fully saturated rings. The molecule has 0 saturated carbocycles. The molecule has 0 bridgehead atoms. The topological polar surface area (TPSA) is 118 Å². The number of rotatable bonds is 4. The van der Waals surface area contributed by atoms with E-state index in [9.17, 15) is 21.9 Å². The second kappa shape index (κ2) is 5.03. The van der Waals surface area contributed by atoms with Crippen LogP contribution in [0.5, 0.6) is 0 Å². The van der Waals surface area contributed by atoms with E-state index in [0.29, 0.717) is 0 Å². The highest BCUT2D eigenvalue weighted by atomic mass is 32.2. The van der Waals surface area contributed by atoms with Crippen LogP contribution < -0.4 is 5.14 Å². The van der Waals surface area contributed by atoms with E-state index in [1.165, 1.54) is 18.2 Å². The van der Waals surface area contributed by atoms with Crippen LogP contribution in [0.2, 0.25) is 0 Å². The molecule has 0 amide bonds. The van der Waals surface area contributed by atoms with Gasteiger partial charge in [0.2, 0.25) is 20.0 Å². The Morgan fingerprint density at radius 2 is 1.71 bits per heavy atom. The fourth-order valence-corrected chi connectivity index (χ4v) is 4.31. The van der Waals surface area contributed by atoms with Crippen LogP contribution in [-0.2, 0) is 20.0 Å². The number of β-amino-alcohol motifs (C(OH)–C–C–N with tert-alkyl or cyclic N) is 1. The molecule has 118 valence electrons. The van der Waals surface area contributed by atoms with Gasteiger partial charge in [0, 0.05) is 13.1 Å². The third-order valence-electron chi connectivity index (χ3n) is 3.75. The smallest absolute Gasteiger partial charge is 0.243 e. The van der Waals surface area contributed by atoms with Gasteiger partial charge in [-0.05, 0) is 24.1 Å². The molecule has 21 heavy (non-hydrogen) atoms. The van der Waals surface area contributed by atoms with Crippen LogP contribution in [0.3, 0.4) is 0 Å². The van der Waals surface area contributed by atoms with Crippen molar-refractivity contribution in [2.45, 2.75) is 29.2 Å². The van der Waals surface area contributed by atoms with Gasteiger partial charge >= 0.3 is 0 Å². The number of benzene rings is 1. The maximum absolute atomic E-state index is 12.4. The fourth-order valence-electron chi connectivity index (χ4n) is 2.06. The zero-order valence-corrected chi connectivity index (χ0v) is 13.4. The number of nitrogens with two attached hydrogens (primary N) is 1. The molecule has 0 spiro atoms. The average molecular weight is 334 g/mol. The molecule has 3 N–H and O–H groups in total. The Kier molecular flexibility index (Phi) is 3.92. The van der Waals surface area contributed by atoms with Gasteiger partial charge < -0.3 is 5.11 Å². The predicted molar refractivity (Wildman–Crippen MR) is 76.4 cm³/mol. The second-order valence-electron chi connectivity index (χ2n) is 5.55. The lowest BCUT2D eigenvalue weighted by Gasteiger charge is -2.47. The van der Waals surface area contributed by atoms with E-state index in [1.807, 2.05) is 13.8 Å². The van der Waals surface area contributed by atoms with Crippen LogP contribution in [0.25, 0.3) is 0 Å². The van der Waals surface area contributed by atoms with Crippen LogP contribution >= 0.6 is 0 Å². The summed E-state index contributed by atoms with van der Waals surface area (Å²) in [4.78, 5) is -0.414. The van der Waals surface area contributed by atoms with Crippen molar-refractivity contribution in [1.29, 1.82) is 0 Å². The molecular weight excluding hydrogens is 316 g/mol. The molecule has 1 aromatic carbocycles. The highest BCUT2D eigenvalue weighted by molar-refractivity contribution is 7.90. The SMILES string of the molecule is CC(C)C1(O)CN(S(=O)(=O)c2cccc(S(N)(=O)=O)c2)C1. The largest absolute Gasteiger partial charge is 0.387 e. The average Bonchev–Trinajstić information content (AvgIpc) is 2.33. The Morgan fingerprint density at radius 1 is 1.19 bits per heavy atom. The molecule has 9 heteroatoms. The third-order valence-corrected chi connectivity index (χ3v) is 6.45. The summed E-state index contributed by atoms with van der Waals surface area (Å²) in [5, 5.41) is 15.1. The minimum atomic E-state index is -3.97. The lowest BCUT2D eigenvalue weighted by atomic mass is 9.85. The van der Waals surface area contributed by atoms with Crippen molar-refractivity contribution in [3.63, 3.8) is 0 Å². The predicted octanol–water partition coefficient (Wildman–Crippen LogP) is -0.275. The minimum absolute atomic E-state index is 0.00734. The first-order valence-electron chi connectivity index (χ1n) is 6.32. The molecule has 0 radical (unpaired) electrons. The lowest BCUT2D eigenvalue weighted by Crippen LogP contribution is -2.65. The van der Waals surface area contributed by atoms with Crippen molar-refractivity contribution in [3.05, 3.63) is 24.3 Å². The number of aliphatic hydroxyl groups is 1. The maximum atomic E-state index is 12.4. The summed E-state index contributed by atoms with van der Waals surface area (Å²) in [6.45, 7) is 3.61. The molecule has 1 aliphatic rings. The number of hydrogen-bond donors (Lipinski definition) is 2. The summed E-state index contributed by atoms with van der Waals surface area (Å²) in [7, 11) is -7.80. The number of primary sulfonamides is 1. The van der Waals surface area contributed by atoms with Gasteiger partial charge in [0.15, 0.2) is 0 Å². The molecule has 2 rings (SSSR count). The van der Waals surface area contributed by atoms with E-state index >= 15 is 0 Å². The van der Waals surface area contributed by atoms with Gasteiger partial charge in [-0.25, -0.2) is 22.0 Å². The highest BCUT2D eigenvalue weighted by Crippen LogP contribution is 2.33. The molecule has 7 nitrogen and oxygen atoms in total. The first-order chi connectivity index (χ1) is 9.47. The van der Waals surface area contributed by atoms with Gasteiger partial charge in [-0.1, -0.05) is 19.9 Å². The van der Waals surface area contributed by atoms with E-state index < -0.39 is 25.6 Å². The molecule has 1 aliphatic heterocycles. The Hall–Kier alpha value is -1.00. The van der Waals surface area contributed by atoms with Gasteiger partial charge in [0.1, 0.15) is 0 Å². The molecule has 0 atom stereocenters. The van der Waals surface area contributed by atoms with Gasteiger partial charge in [-0.15, -0.1) is 0 Å². The molecule has 0 unspecified atom stereocenters. The monoisotopic (exact) mass is 334 g/mol. The quantitative estimate of drug-likeness (QED) is 0.785. The first-order valence-corrected chi connectivity index (χ1v) is 9.31. The standard InChI is InChI=1S/C12H18N2O5S2/c1-9(2)12(15)7-14(8-12)21(18,19)11-5-3-4-10(6-11)20(13,16)17/h3-6,9,15H,7-8H2,1-2H3,(H2,13,16,17). The van der Waals surface area contributed by atoms with E-state index in [4.69, 9.17) is 5.14 Å². The van der Waals surface area contributed by atoms with Crippen molar-refractivity contribution in [2.75, 3.05) is 13.1 Å². The van der Waals surface area contributed by atoms with Gasteiger partial charge in [-0.3, -0.25) is 0 Å². The van der Waals surface area contributed by atoms with Crippen molar-refractivity contribution in [1.82, 2.24) is 4.31 Å². The summed E-state index contributed by atoms with van der Waals surface area (Å²) < 4.78 is 48.5. The summed E-state index contributed by atoms with van der Waals surface area (Å²) in [6.07, 6.45) is 0. The molecule has 1 heterocycles. The number of sulfonamides is 2. The minimum Gasteiger partial charge on any atom is -0.387 e. The molecule has 1 aromatic rings. The molecule has 1 saturated heterocycles. The van der Waals surface area contributed by atoms with Crippen LogP contribution in [0.4, 0.5) is 0 Å². The normalized spacial score (nSPS) is 19.5. The van der Waals surface area contributed by atoms with Crippen molar-refractivity contribution < 1.29 is 21.9 Å². The first kappa shape index (κ1) is 16.4. The summed E-state index contributed by atoms with van der Waals surface area (Å²) >= 11 is 0. The second-order valence-corrected chi connectivity index (χ2v) is 9.05. The zero-order valence-electron chi connectivity index (χ0n) is 11.7. The Labute approximate surface area is 124 Å². The molecule has 0 aliphatic carbocycles. The van der Waals surface area contributed by atoms with Crippen LogP contribution in [0.15, 0.2) is 34.1 Å². The fraction of sp³-hybridized carbons (Fsp3) is 0.500. The third kappa shape index (κ3) is 2.97. The van der Waals surface area contributed by atoms with Gasteiger partial charge in [0.05, 0.1) is 15.4 Å². The maximum Gasteiger partial charge on any atom is 0.243 e. The van der Waals surface area contributed by atoms with Gasteiger partial charge in [0.25, 0.3) is 0 Å². The van der Waals surface area contributed by atoms with E-state index in [-0.39, 0.29) is 28.8 Å². The van der Waals surface area contributed by atoms with E-state index in [2.05, 4.69) is 0 Å². The summed E-state index contributed by atoms with van der Waals surface area (Å²) in [6, 6.07) is 4.88. The summed E-state index contributed by atoms with van der Waals surface area (Å²) in [5.41, 5.74) is -1.04. The highest BCUT2D eigenvalue weighted by Gasteiger charge is 2.49. The van der Waals surface area contributed by atoms with Crippen LogP contribution in [-0.4, -0.2) is 44.9 Å². The van der Waals surface area contributed by atoms with E-state index in [0.717, 1.165) is 10.4 Å². The molecular formula is C12H18N2O5S2. The lowest BCUT2D eigenvalue weighted by molar-refractivity contribution is -0.0932. The Balaban J connectivity index is 2.31. The van der Waals surface area contributed by atoms with Crippen molar-refractivity contribution >= 4 is 20.0 Å². The van der Waals surface area contributed by atoms with Gasteiger partial charge in [-0.2, -0.15) is 4.31 Å². The van der Waals surface area contributed by atoms with Crippen LogP contribution in [0.1, 0.15) is 13.8 Å². The Bertz CT molecular complexity index is 750. The summed E-state index contributed by atoms with van der Waals surface area (Å²) in [5.74, 6) is -0.0697. The Morgan fingerprint density at radius 3 is 2.19 bits per heavy atom. The molecule has 0 aromatic heterocycles. The number of hydrogen-bond acceptors (Lipinski definition) is 5. The van der Waals surface area contributed by atoms with Crippen LogP contribution in [0, 0.1) is 5.92 Å². The van der Waals surface area contributed by atoms with Crippen molar-refractivity contribution in [2.24, 2.45) is 11.1 Å². The van der Waals surface area contributed by atoms with Crippen molar-refractivity contribution in [3.8, 4) is 0 Å².